The number of hydrogen-bond donors (Lipinski definition) is 0. The van der Waals surface area contributed by atoms with Gasteiger partial charge in [-0.15, -0.1) is 0 Å². The van der Waals surface area contributed by atoms with Crippen molar-refractivity contribution in [2.24, 2.45) is 0 Å². The minimum absolute atomic E-state index is 0.184. The molecule has 3 aliphatic rings. The lowest BCUT2D eigenvalue weighted by Crippen LogP contribution is -2.38. The van der Waals surface area contributed by atoms with Crippen molar-refractivity contribution in [3.8, 4) is 0 Å². The summed E-state index contributed by atoms with van der Waals surface area (Å²) in [6.07, 6.45) is 13.0. The first-order valence-corrected chi connectivity index (χ1v) is 10.4. The molecule has 1 saturated carbocycles. The van der Waals surface area contributed by atoms with E-state index < -0.39 is 5.60 Å². The van der Waals surface area contributed by atoms with Crippen molar-refractivity contribution in [2.75, 3.05) is 13.2 Å². The van der Waals surface area contributed by atoms with E-state index in [1.54, 1.807) is 0 Å². The highest BCUT2D eigenvalue weighted by molar-refractivity contribution is 5.70. The molecule has 1 amide bonds. The van der Waals surface area contributed by atoms with Gasteiger partial charge in [0.25, 0.3) is 0 Å². The number of rotatable bonds is 3. The molecule has 3 fully saturated rings. The van der Waals surface area contributed by atoms with Crippen molar-refractivity contribution in [1.29, 1.82) is 0 Å². The van der Waals surface area contributed by atoms with E-state index in [0.717, 1.165) is 57.2 Å². The number of nitrogens with zero attached hydrogens (tertiary/aromatic N) is 1. The number of hydrogen-bond acceptors (Lipinski definition) is 4. The summed E-state index contributed by atoms with van der Waals surface area (Å²) in [6, 6.07) is 0. The second-order valence-corrected chi connectivity index (χ2v) is 8.88. The summed E-state index contributed by atoms with van der Waals surface area (Å²) in [4.78, 5) is 14.3. The summed E-state index contributed by atoms with van der Waals surface area (Å²) in [5.74, 6) is -0.288. The van der Waals surface area contributed by atoms with E-state index in [0.29, 0.717) is 6.61 Å². The van der Waals surface area contributed by atoms with Crippen LogP contribution in [0.5, 0.6) is 0 Å². The summed E-state index contributed by atoms with van der Waals surface area (Å²) in [6.45, 7) is 7.20. The summed E-state index contributed by atoms with van der Waals surface area (Å²) in [5.41, 5.74) is 0.653. The van der Waals surface area contributed by atoms with E-state index in [2.05, 4.69) is 6.08 Å². The smallest absolute Gasteiger partial charge is 0.414 e. The van der Waals surface area contributed by atoms with Gasteiger partial charge in [0.2, 0.25) is 0 Å². The minimum Gasteiger partial charge on any atom is -0.443 e. The third-order valence-corrected chi connectivity index (χ3v) is 5.42. The van der Waals surface area contributed by atoms with Crippen LogP contribution in [0.15, 0.2) is 11.8 Å². The Morgan fingerprint density at radius 3 is 2.73 bits per heavy atom. The maximum Gasteiger partial charge on any atom is 0.414 e. The van der Waals surface area contributed by atoms with Gasteiger partial charge in [-0.1, -0.05) is 12.5 Å². The zero-order chi connectivity index (χ0) is 18.6. The van der Waals surface area contributed by atoms with Crippen LogP contribution < -0.4 is 0 Å². The quantitative estimate of drug-likeness (QED) is 0.694. The molecule has 0 aromatic heterocycles. The molecule has 2 aliphatic heterocycles. The normalized spacial score (nSPS) is 27.9. The first-order chi connectivity index (χ1) is 12.4. The molecule has 1 spiro atoms. The van der Waals surface area contributed by atoms with E-state index in [4.69, 9.17) is 14.2 Å². The molecule has 0 radical (unpaired) electrons. The minimum atomic E-state index is -0.455. The molecule has 148 valence electrons. The number of likely N-dealkylation sites (tertiary alicyclic amines) is 1. The van der Waals surface area contributed by atoms with Crippen molar-refractivity contribution in [2.45, 2.75) is 102 Å². The van der Waals surface area contributed by atoms with E-state index in [-0.39, 0.29) is 18.0 Å². The average molecular weight is 366 g/mol. The fraction of sp³-hybridized carbons (Fsp3) is 0.857. The van der Waals surface area contributed by atoms with Gasteiger partial charge in [-0.25, -0.2) is 4.79 Å². The zero-order valence-corrected chi connectivity index (χ0v) is 16.7. The highest BCUT2D eigenvalue weighted by atomic mass is 16.7. The third-order valence-electron chi connectivity index (χ3n) is 5.42. The van der Waals surface area contributed by atoms with Gasteiger partial charge in [-0.3, -0.25) is 4.90 Å². The second-order valence-electron chi connectivity index (χ2n) is 8.88. The largest absolute Gasteiger partial charge is 0.443 e. The van der Waals surface area contributed by atoms with Crippen molar-refractivity contribution in [1.82, 2.24) is 4.90 Å². The predicted octanol–water partition coefficient (Wildman–Crippen LogP) is 5.15. The Morgan fingerprint density at radius 2 is 2.00 bits per heavy atom. The molecule has 1 aliphatic carbocycles. The van der Waals surface area contributed by atoms with Crippen LogP contribution in [0, 0.1) is 0 Å². The van der Waals surface area contributed by atoms with Crippen LogP contribution in [0.2, 0.25) is 0 Å². The molecule has 1 atom stereocenters. The molecule has 26 heavy (non-hydrogen) atoms. The van der Waals surface area contributed by atoms with E-state index in [1.165, 1.54) is 19.3 Å². The van der Waals surface area contributed by atoms with Gasteiger partial charge in [0.15, 0.2) is 5.79 Å². The predicted molar refractivity (Wildman–Crippen MR) is 101 cm³/mol. The van der Waals surface area contributed by atoms with Gasteiger partial charge in [0.05, 0.1) is 12.7 Å². The number of piperidine rings is 1. The van der Waals surface area contributed by atoms with E-state index >= 15 is 0 Å². The Morgan fingerprint density at radius 1 is 1.23 bits per heavy atom. The molecule has 0 bridgehead atoms. The Hall–Kier alpha value is -1.07. The molecule has 2 saturated heterocycles. The molecule has 5 heteroatoms. The molecule has 0 N–H and O–H groups in total. The fourth-order valence-corrected chi connectivity index (χ4v) is 4.14. The summed E-state index contributed by atoms with van der Waals surface area (Å²) >= 11 is 0. The highest BCUT2D eigenvalue weighted by Gasteiger charge is 2.41. The molecule has 3 rings (SSSR count). The van der Waals surface area contributed by atoms with Crippen molar-refractivity contribution < 1.29 is 19.0 Å². The molecule has 5 nitrogen and oxygen atoms in total. The maximum absolute atomic E-state index is 12.5. The van der Waals surface area contributed by atoms with Crippen LogP contribution in [-0.2, 0) is 14.2 Å². The Balaban J connectivity index is 1.51. The van der Waals surface area contributed by atoms with Crippen molar-refractivity contribution in [3.05, 3.63) is 11.8 Å². The van der Waals surface area contributed by atoms with E-state index in [9.17, 15) is 4.79 Å². The third kappa shape index (κ3) is 5.23. The van der Waals surface area contributed by atoms with Crippen LogP contribution in [0.1, 0.15) is 85.0 Å². The summed E-state index contributed by atoms with van der Waals surface area (Å²) in [5, 5.41) is 0. The number of carbonyl (C=O) groups excluding carboxylic acids is 1. The summed E-state index contributed by atoms with van der Waals surface area (Å²) < 4.78 is 17.8. The molecule has 0 unspecified atom stereocenters. The van der Waals surface area contributed by atoms with Gasteiger partial charge in [0.1, 0.15) is 5.60 Å². The van der Waals surface area contributed by atoms with Crippen LogP contribution >= 0.6 is 0 Å². The van der Waals surface area contributed by atoms with Gasteiger partial charge in [-0.2, -0.15) is 0 Å². The Bertz CT molecular complexity index is 517. The van der Waals surface area contributed by atoms with Crippen molar-refractivity contribution in [3.63, 3.8) is 0 Å². The lowest BCUT2D eigenvalue weighted by molar-refractivity contribution is -0.187. The fourth-order valence-electron chi connectivity index (χ4n) is 4.14. The Kier molecular flexibility index (Phi) is 6.29. The van der Waals surface area contributed by atoms with Crippen LogP contribution in [-0.4, -0.2) is 41.6 Å². The number of carbonyl (C=O) groups is 1. The molecule has 0 aromatic rings. The zero-order valence-electron chi connectivity index (χ0n) is 16.7. The van der Waals surface area contributed by atoms with Crippen LogP contribution in [0.4, 0.5) is 4.79 Å². The topological polar surface area (TPSA) is 48.0 Å². The molecule has 0 aromatic carbocycles. The first-order valence-electron chi connectivity index (χ1n) is 10.4. The van der Waals surface area contributed by atoms with Crippen LogP contribution in [0.25, 0.3) is 0 Å². The number of amides is 1. The number of allylic oxidation sites excluding steroid dienone is 2. The van der Waals surface area contributed by atoms with E-state index in [1.807, 2.05) is 25.7 Å². The Labute approximate surface area is 158 Å². The van der Waals surface area contributed by atoms with Crippen molar-refractivity contribution >= 4 is 6.09 Å². The SMILES string of the molecule is CC(C)(C)OC(=O)N1CCCC/C1=C\CC[C@H]1COC2(CCCCC2)O1. The van der Waals surface area contributed by atoms with Gasteiger partial charge >= 0.3 is 6.09 Å². The van der Waals surface area contributed by atoms with Gasteiger partial charge < -0.3 is 14.2 Å². The standard InChI is InChI=1S/C21H35NO4/c1-20(2,3)26-19(23)22-15-8-5-10-17(22)11-9-12-18-16-24-21(25-18)13-6-4-7-14-21/h11,18H,4-10,12-16H2,1-3H3/b17-11+/t18-/m0/s1. The molecular weight excluding hydrogens is 330 g/mol. The van der Waals surface area contributed by atoms with Gasteiger partial charge in [-0.05, 0) is 65.7 Å². The second kappa shape index (κ2) is 8.30. The first kappa shape index (κ1) is 19.7. The van der Waals surface area contributed by atoms with Gasteiger partial charge in [0, 0.05) is 25.1 Å². The monoisotopic (exact) mass is 365 g/mol. The lowest BCUT2D eigenvalue weighted by Gasteiger charge is -2.32. The highest BCUT2D eigenvalue weighted by Crippen LogP contribution is 2.38. The summed E-state index contributed by atoms with van der Waals surface area (Å²) in [7, 11) is 0. The lowest BCUT2D eigenvalue weighted by atomic mass is 9.94. The average Bonchev–Trinajstić information content (AvgIpc) is 2.97. The van der Waals surface area contributed by atoms with Crippen LogP contribution in [0.3, 0.4) is 0 Å². The number of ether oxygens (including phenoxy) is 3. The maximum atomic E-state index is 12.5. The molecular formula is C21H35NO4. The molecule has 2 heterocycles.